The summed E-state index contributed by atoms with van der Waals surface area (Å²) in [6.07, 6.45) is 0.0419. The van der Waals surface area contributed by atoms with Gasteiger partial charge in [-0.15, -0.1) is 0 Å². The van der Waals surface area contributed by atoms with Crippen LogP contribution in [0.2, 0.25) is 5.02 Å². The number of hydrogen-bond acceptors (Lipinski definition) is 2. The second kappa shape index (κ2) is 8.02. The van der Waals surface area contributed by atoms with Gasteiger partial charge in [0, 0.05) is 5.02 Å². The molecule has 2 atom stereocenters. The van der Waals surface area contributed by atoms with Gasteiger partial charge in [-0.05, 0) is 44.0 Å². The van der Waals surface area contributed by atoms with Gasteiger partial charge >= 0.3 is 0 Å². The van der Waals surface area contributed by atoms with Gasteiger partial charge in [0.15, 0.2) is 6.10 Å². The molecule has 0 aliphatic heterocycles. The van der Waals surface area contributed by atoms with E-state index in [1.807, 2.05) is 45.0 Å². The van der Waals surface area contributed by atoms with Crippen molar-refractivity contribution < 1.29 is 9.53 Å². The molecule has 2 rings (SSSR count). The first-order valence-electron chi connectivity index (χ1n) is 7.78. The Kier molecular flexibility index (Phi) is 6.05. The van der Waals surface area contributed by atoms with Gasteiger partial charge < -0.3 is 10.1 Å². The minimum Gasteiger partial charge on any atom is -0.481 e. The average molecular weight is 332 g/mol. The Morgan fingerprint density at radius 2 is 1.91 bits per heavy atom. The van der Waals surface area contributed by atoms with Crippen molar-refractivity contribution in [3.8, 4) is 5.75 Å². The normalized spacial score (nSPS) is 13.2. The summed E-state index contributed by atoms with van der Waals surface area (Å²) in [7, 11) is 0. The molecule has 23 heavy (non-hydrogen) atoms. The molecule has 0 bridgehead atoms. The number of benzene rings is 2. The van der Waals surface area contributed by atoms with Crippen molar-refractivity contribution in [1.29, 1.82) is 0 Å². The van der Waals surface area contributed by atoms with Gasteiger partial charge in [0.25, 0.3) is 5.91 Å². The summed E-state index contributed by atoms with van der Waals surface area (Å²) in [6.45, 7) is 5.93. The van der Waals surface area contributed by atoms with Crippen LogP contribution in [0.1, 0.15) is 37.4 Å². The maximum Gasteiger partial charge on any atom is 0.261 e. The summed E-state index contributed by atoms with van der Waals surface area (Å²) in [6, 6.07) is 15.1. The quantitative estimate of drug-likeness (QED) is 0.834. The standard InChI is InChI=1S/C19H22ClNO2/c1-4-18(23-17-7-5-6-16(20)12-17)19(22)21-14(3)15-10-8-13(2)9-11-15/h5-12,14,18H,4H2,1-3H3,(H,21,22). The van der Waals surface area contributed by atoms with Crippen LogP contribution in [0.15, 0.2) is 48.5 Å². The summed E-state index contributed by atoms with van der Waals surface area (Å²) in [5.41, 5.74) is 2.27. The molecule has 0 aromatic heterocycles. The molecule has 0 aliphatic carbocycles. The first kappa shape index (κ1) is 17.4. The average Bonchev–Trinajstić information content (AvgIpc) is 2.53. The fraction of sp³-hybridized carbons (Fsp3) is 0.316. The highest BCUT2D eigenvalue weighted by Crippen LogP contribution is 2.20. The van der Waals surface area contributed by atoms with E-state index in [-0.39, 0.29) is 11.9 Å². The molecule has 2 aromatic rings. The number of amides is 1. The number of hydrogen-bond donors (Lipinski definition) is 1. The third-order valence-electron chi connectivity index (χ3n) is 3.67. The van der Waals surface area contributed by atoms with Crippen LogP contribution in [-0.4, -0.2) is 12.0 Å². The minimum atomic E-state index is -0.540. The van der Waals surface area contributed by atoms with Crippen molar-refractivity contribution in [2.75, 3.05) is 0 Å². The molecule has 0 radical (unpaired) electrons. The maximum atomic E-state index is 12.4. The molecule has 3 nitrogen and oxygen atoms in total. The lowest BCUT2D eigenvalue weighted by molar-refractivity contribution is -0.128. The summed E-state index contributed by atoms with van der Waals surface area (Å²) in [5, 5.41) is 3.59. The summed E-state index contributed by atoms with van der Waals surface area (Å²) >= 11 is 5.95. The van der Waals surface area contributed by atoms with E-state index in [4.69, 9.17) is 16.3 Å². The molecule has 0 saturated carbocycles. The van der Waals surface area contributed by atoms with Crippen LogP contribution in [0.4, 0.5) is 0 Å². The summed E-state index contributed by atoms with van der Waals surface area (Å²) in [5.74, 6) is 0.475. The van der Waals surface area contributed by atoms with E-state index in [9.17, 15) is 4.79 Å². The van der Waals surface area contributed by atoms with Crippen molar-refractivity contribution in [2.24, 2.45) is 0 Å². The van der Waals surface area contributed by atoms with Crippen LogP contribution < -0.4 is 10.1 Å². The predicted molar refractivity (Wildman–Crippen MR) is 93.9 cm³/mol. The number of halogens is 1. The first-order chi connectivity index (χ1) is 11.0. The second-order valence-electron chi connectivity index (χ2n) is 5.61. The number of carbonyl (C=O) groups excluding carboxylic acids is 1. The fourth-order valence-electron chi connectivity index (χ4n) is 2.27. The van der Waals surface area contributed by atoms with Crippen molar-refractivity contribution in [1.82, 2.24) is 5.32 Å². The van der Waals surface area contributed by atoms with E-state index < -0.39 is 6.10 Å². The molecule has 2 aromatic carbocycles. The molecule has 0 aliphatic rings. The lowest BCUT2D eigenvalue weighted by atomic mass is 10.1. The highest BCUT2D eigenvalue weighted by Gasteiger charge is 2.20. The van der Waals surface area contributed by atoms with Gasteiger partial charge in [-0.1, -0.05) is 54.4 Å². The Bertz CT molecular complexity index is 655. The predicted octanol–water partition coefficient (Wildman–Crippen LogP) is 4.68. The van der Waals surface area contributed by atoms with Gasteiger partial charge in [0.1, 0.15) is 5.75 Å². The molecule has 1 amide bonds. The van der Waals surface area contributed by atoms with Gasteiger partial charge in [-0.2, -0.15) is 0 Å². The molecular weight excluding hydrogens is 310 g/mol. The number of carbonyl (C=O) groups is 1. The van der Waals surface area contributed by atoms with Gasteiger partial charge in [-0.3, -0.25) is 4.79 Å². The lowest BCUT2D eigenvalue weighted by Gasteiger charge is -2.21. The largest absolute Gasteiger partial charge is 0.481 e. The van der Waals surface area contributed by atoms with Crippen LogP contribution in [0, 0.1) is 6.92 Å². The molecule has 0 fully saturated rings. The van der Waals surface area contributed by atoms with Crippen LogP contribution in [-0.2, 0) is 4.79 Å². The third-order valence-corrected chi connectivity index (χ3v) is 3.91. The van der Waals surface area contributed by atoms with Crippen LogP contribution >= 0.6 is 11.6 Å². The topological polar surface area (TPSA) is 38.3 Å². The van der Waals surface area contributed by atoms with E-state index in [1.165, 1.54) is 5.56 Å². The molecule has 0 heterocycles. The van der Waals surface area contributed by atoms with E-state index in [0.717, 1.165) is 5.56 Å². The van der Waals surface area contributed by atoms with Crippen molar-refractivity contribution >= 4 is 17.5 Å². The molecule has 0 saturated heterocycles. The number of aryl methyl sites for hydroxylation is 1. The van der Waals surface area contributed by atoms with Gasteiger partial charge in [-0.25, -0.2) is 0 Å². The lowest BCUT2D eigenvalue weighted by Crippen LogP contribution is -2.39. The minimum absolute atomic E-state index is 0.0693. The van der Waals surface area contributed by atoms with Crippen LogP contribution in [0.25, 0.3) is 0 Å². The third kappa shape index (κ3) is 5.00. The zero-order valence-electron chi connectivity index (χ0n) is 13.7. The van der Waals surface area contributed by atoms with Crippen molar-refractivity contribution in [2.45, 2.75) is 39.3 Å². The summed E-state index contributed by atoms with van der Waals surface area (Å²) < 4.78 is 5.77. The number of nitrogens with one attached hydrogen (secondary N) is 1. The SMILES string of the molecule is CCC(Oc1cccc(Cl)c1)C(=O)NC(C)c1ccc(C)cc1. The van der Waals surface area contributed by atoms with Crippen molar-refractivity contribution in [3.05, 3.63) is 64.7 Å². The second-order valence-corrected chi connectivity index (χ2v) is 6.05. The number of rotatable bonds is 6. The van der Waals surface area contributed by atoms with Gasteiger partial charge in [0.05, 0.1) is 6.04 Å². The molecule has 122 valence electrons. The number of ether oxygens (including phenoxy) is 1. The van der Waals surface area contributed by atoms with E-state index in [2.05, 4.69) is 5.32 Å². The molecule has 1 N–H and O–H groups in total. The molecule has 4 heteroatoms. The monoisotopic (exact) mass is 331 g/mol. The fourth-order valence-corrected chi connectivity index (χ4v) is 2.45. The van der Waals surface area contributed by atoms with Crippen LogP contribution in [0.5, 0.6) is 5.75 Å². The Morgan fingerprint density at radius 1 is 1.22 bits per heavy atom. The highest BCUT2D eigenvalue weighted by atomic mass is 35.5. The van der Waals surface area contributed by atoms with E-state index in [0.29, 0.717) is 17.2 Å². The molecular formula is C19H22ClNO2. The smallest absolute Gasteiger partial charge is 0.261 e. The Balaban J connectivity index is 2.00. The van der Waals surface area contributed by atoms with E-state index >= 15 is 0 Å². The maximum absolute atomic E-state index is 12.4. The Hall–Kier alpha value is -2.00. The Morgan fingerprint density at radius 3 is 2.52 bits per heavy atom. The molecule has 0 spiro atoms. The Labute approximate surface area is 142 Å². The van der Waals surface area contributed by atoms with Gasteiger partial charge in [0.2, 0.25) is 0 Å². The van der Waals surface area contributed by atoms with Crippen LogP contribution in [0.3, 0.4) is 0 Å². The first-order valence-corrected chi connectivity index (χ1v) is 8.16. The summed E-state index contributed by atoms with van der Waals surface area (Å²) in [4.78, 5) is 12.4. The zero-order valence-corrected chi connectivity index (χ0v) is 14.4. The highest BCUT2D eigenvalue weighted by molar-refractivity contribution is 6.30. The zero-order chi connectivity index (χ0) is 16.8. The molecule has 2 unspecified atom stereocenters. The van der Waals surface area contributed by atoms with Crippen molar-refractivity contribution in [3.63, 3.8) is 0 Å². The van der Waals surface area contributed by atoms with E-state index in [1.54, 1.807) is 24.3 Å².